The lowest BCUT2D eigenvalue weighted by Gasteiger charge is -2.20. The summed E-state index contributed by atoms with van der Waals surface area (Å²) in [5.41, 5.74) is 6.00. The van der Waals surface area contributed by atoms with Gasteiger partial charge in [-0.2, -0.15) is 5.10 Å². The third kappa shape index (κ3) is 4.11. The Balaban J connectivity index is 0.00000162. The second-order valence-corrected chi connectivity index (χ2v) is 4.38. The fourth-order valence-electron chi connectivity index (χ4n) is 2.01. The highest BCUT2D eigenvalue weighted by molar-refractivity contribution is 14.0. The molecule has 2 rings (SSSR count). The molecule has 7 heteroatoms. The van der Waals surface area contributed by atoms with Gasteiger partial charge in [0.05, 0.1) is 0 Å². The molecule has 1 saturated heterocycles. The zero-order valence-corrected chi connectivity index (χ0v) is 13.1. The van der Waals surface area contributed by atoms with Gasteiger partial charge in [-0.3, -0.25) is 4.68 Å². The van der Waals surface area contributed by atoms with E-state index in [4.69, 9.17) is 5.73 Å². The molecule has 1 aliphatic rings. The first kappa shape index (κ1) is 15.2. The molecule has 0 spiro atoms. The van der Waals surface area contributed by atoms with Gasteiger partial charge in [-0.05, 0) is 12.8 Å². The summed E-state index contributed by atoms with van der Waals surface area (Å²) in [6.07, 6.45) is 6.55. The van der Waals surface area contributed by atoms with Crippen LogP contribution in [-0.2, 0) is 13.6 Å². The third-order valence-electron chi connectivity index (χ3n) is 3.12. The maximum absolute atomic E-state index is 6.00. The minimum Gasteiger partial charge on any atom is -0.370 e. The lowest BCUT2D eigenvalue weighted by molar-refractivity contribution is 0.428. The van der Waals surface area contributed by atoms with E-state index in [1.807, 2.05) is 7.05 Å². The first-order valence-electron chi connectivity index (χ1n) is 6.15. The Bertz CT molecular complexity index is 381. The summed E-state index contributed by atoms with van der Waals surface area (Å²) in [5, 5.41) is 4.00. The van der Waals surface area contributed by atoms with Crippen molar-refractivity contribution in [1.82, 2.24) is 19.7 Å². The number of guanidine groups is 1. The lowest BCUT2D eigenvalue weighted by atomic mass is 10.2. The molecule has 102 valence electrons. The quantitative estimate of drug-likeness (QED) is 0.485. The summed E-state index contributed by atoms with van der Waals surface area (Å²) in [7, 11) is 1.86. The Hall–Kier alpha value is -0.860. The summed E-state index contributed by atoms with van der Waals surface area (Å²) in [4.78, 5) is 10.7. The van der Waals surface area contributed by atoms with Gasteiger partial charge in [0.2, 0.25) is 0 Å². The molecule has 2 heterocycles. The highest BCUT2D eigenvalue weighted by atomic mass is 127. The topological polar surface area (TPSA) is 72.3 Å². The van der Waals surface area contributed by atoms with E-state index >= 15 is 0 Å². The maximum atomic E-state index is 6.00. The van der Waals surface area contributed by atoms with E-state index in [9.17, 15) is 0 Å². The van der Waals surface area contributed by atoms with E-state index in [0.29, 0.717) is 12.5 Å². The van der Waals surface area contributed by atoms with Crippen LogP contribution in [0.4, 0.5) is 0 Å². The molecule has 6 nitrogen and oxygen atoms in total. The number of nitrogens with zero attached hydrogens (tertiary/aromatic N) is 5. The Kier molecular flexibility index (Phi) is 6.37. The summed E-state index contributed by atoms with van der Waals surface area (Å²) in [6, 6.07) is 0. The van der Waals surface area contributed by atoms with Gasteiger partial charge >= 0.3 is 0 Å². The van der Waals surface area contributed by atoms with Crippen molar-refractivity contribution < 1.29 is 0 Å². The van der Waals surface area contributed by atoms with Crippen LogP contribution in [-0.4, -0.2) is 38.7 Å². The van der Waals surface area contributed by atoms with Gasteiger partial charge in [-0.15, -0.1) is 24.0 Å². The van der Waals surface area contributed by atoms with Crippen molar-refractivity contribution in [2.45, 2.75) is 32.2 Å². The number of aryl methyl sites for hydroxylation is 1. The molecule has 1 aliphatic heterocycles. The molecule has 0 atom stereocenters. The normalized spacial score (nSPS) is 17.2. The SMILES string of the molecule is Cn1ncnc1CN=C(N)N1CCCCCC1.I. The van der Waals surface area contributed by atoms with Crippen molar-refractivity contribution in [3.63, 3.8) is 0 Å². The van der Waals surface area contributed by atoms with Gasteiger partial charge < -0.3 is 10.6 Å². The second kappa shape index (κ2) is 7.55. The van der Waals surface area contributed by atoms with Crippen LogP contribution < -0.4 is 5.73 Å². The van der Waals surface area contributed by atoms with E-state index in [2.05, 4.69) is 20.0 Å². The Morgan fingerprint density at radius 1 is 1.33 bits per heavy atom. The summed E-state index contributed by atoms with van der Waals surface area (Å²) in [5.74, 6) is 1.47. The number of hydrogen-bond donors (Lipinski definition) is 1. The largest absolute Gasteiger partial charge is 0.370 e. The first-order valence-corrected chi connectivity index (χ1v) is 6.15. The number of hydrogen-bond acceptors (Lipinski definition) is 3. The van der Waals surface area contributed by atoms with E-state index in [1.165, 1.54) is 32.0 Å². The minimum atomic E-state index is 0. The summed E-state index contributed by atoms with van der Waals surface area (Å²) in [6.45, 7) is 2.54. The van der Waals surface area contributed by atoms with Crippen LogP contribution >= 0.6 is 24.0 Å². The molecule has 18 heavy (non-hydrogen) atoms. The molecule has 0 aromatic carbocycles. The van der Waals surface area contributed by atoms with Crippen molar-refractivity contribution >= 4 is 29.9 Å². The average Bonchev–Trinajstić information content (AvgIpc) is 2.58. The number of aliphatic imine (C=N–C) groups is 1. The Morgan fingerprint density at radius 2 is 2.00 bits per heavy atom. The lowest BCUT2D eigenvalue weighted by Crippen LogP contribution is -2.38. The summed E-state index contributed by atoms with van der Waals surface area (Å²) < 4.78 is 1.72. The van der Waals surface area contributed by atoms with Crippen LogP contribution in [0.1, 0.15) is 31.5 Å². The molecule has 1 fully saturated rings. The van der Waals surface area contributed by atoms with E-state index in [0.717, 1.165) is 18.9 Å². The number of rotatable bonds is 2. The van der Waals surface area contributed by atoms with Crippen LogP contribution in [0.3, 0.4) is 0 Å². The van der Waals surface area contributed by atoms with Gasteiger partial charge in [-0.25, -0.2) is 9.98 Å². The van der Waals surface area contributed by atoms with Crippen LogP contribution in [0.2, 0.25) is 0 Å². The predicted molar refractivity (Wildman–Crippen MR) is 81.8 cm³/mol. The van der Waals surface area contributed by atoms with Gasteiger partial charge in [0.15, 0.2) is 5.96 Å². The number of likely N-dealkylation sites (tertiary alicyclic amines) is 1. The average molecular weight is 364 g/mol. The molecule has 0 amide bonds. The zero-order chi connectivity index (χ0) is 12.1. The van der Waals surface area contributed by atoms with Crippen LogP contribution in [0.15, 0.2) is 11.3 Å². The summed E-state index contributed by atoms with van der Waals surface area (Å²) >= 11 is 0. The number of aromatic nitrogens is 3. The molecule has 0 aliphatic carbocycles. The van der Waals surface area contributed by atoms with Crippen molar-refractivity contribution in [2.24, 2.45) is 17.8 Å². The predicted octanol–water partition coefficient (Wildman–Crippen LogP) is 1.12. The number of halogens is 1. The number of nitrogens with two attached hydrogens (primary N) is 1. The standard InChI is InChI=1S/C11H20N6.HI/c1-16-10(14-9-15-16)8-13-11(12)17-6-4-2-3-5-7-17;/h9H,2-8H2,1H3,(H2,12,13);1H. The molecule has 0 unspecified atom stereocenters. The van der Waals surface area contributed by atoms with Crippen molar-refractivity contribution in [3.8, 4) is 0 Å². The molecular formula is C11H21IN6. The highest BCUT2D eigenvalue weighted by Gasteiger charge is 2.10. The Labute approximate surface area is 125 Å². The monoisotopic (exact) mass is 364 g/mol. The second-order valence-electron chi connectivity index (χ2n) is 4.38. The zero-order valence-electron chi connectivity index (χ0n) is 10.7. The maximum Gasteiger partial charge on any atom is 0.191 e. The first-order chi connectivity index (χ1) is 8.27. The fourth-order valence-corrected chi connectivity index (χ4v) is 2.01. The molecule has 0 radical (unpaired) electrons. The molecular weight excluding hydrogens is 343 g/mol. The Morgan fingerprint density at radius 3 is 2.56 bits per heavy atom. The van der Waals surface area contributed by atoms with Gasteiger partial charge in [-0.1, -0.05) is 12.8 Å². The molecule has 1 aromatic rings. The molecule has 0 bridgehead atoms. The van der Waals surface area contributed by atoms with Crippen LogP contribution in [0, 0.1) is 0 Å². The van der Waals surface area contributed by atoms with Crippen LogP contribution in [0.25, 0.3) is 0 Å². The van der Waals surface area contributed by atoms with Crippen molar-refractivity contribution in [2.75, 3.05) is 13.1 Å². The third-order valence-corrected chi connectivity index (χ3v) is 3.12. The van der Waals surface area contributed by atoms with Gasteiger partial charge in [0, 0.05) is 20.1 Å². The van der Waals surface area contributed by atoms with Crippen molar-refractivity contribution in [3.05, 3.63) is 12.2 Å². The van der Waals surface area contributed by atoms with Gasteiger partial charge in [0.25, 0.3) is 0 Å². The van der Waals surface area contributed by atoms with E-state index < -0.39 is 0 Å². The minimum absolute atomic E-state index is 0. The molecule has 0 saturated carbocycles. The van der Waals surface area contributed by atoms with E-state index in [-0.39, 0.29) is 24.0 Å². The van der Waals surface area contributed by atoms with Gasteiger partial charge in [0.1, 0.15) is 18.7 Å². The molecule has 1 aromatic heterocycles. The highest BCUT2D eigenvalue weighted by Crippen LogP contribution is 2.09. The molecule has 2 N–H and O–H groups in total. The fraction of sp³-hybridized carbons (Fsp3) is 0.727. The van der Waals surface area contributed by atoms with E-state index in [1.54, 1.807) is 4.68 Å². The smallest absolute Gasteiger partial charge is 0.191 e. The van der Waals surface area contributed by atoms with Crippen LogP contribution in [0.5, 0.6) is 0 Å². The van der Waals surface area contributed by atoms with Crippen molar-refractivity contribution in [1.29, 1.82) is 0 Å².